The van der Waals surface area contributed by atoms with Gasteiger partial charge in [0.25, 0.3) is 0 Å². The fourth-order valence-electron chi connectivity index (χ4n) is 1.55. The molecule has 0 atom stereocenters. The third-order valence-electron chi connectivity index (χ3n) is 2.64. The first-order valence-electron chi connectivity index (χ1n) is 4.77. The highest BCUT2D eigenvalue weighted by atomic mass is 14.7. The molecule has 0 bridgehead atoms. The lowest BCUT2D eigenvalue weighted by Crippen LogP contribution is -1.92. The Labute approximate surface area is 73.8 Å². The molecule has 0 N–H and O–H groups in total. The van der Waals surface area contributed by atoms with E-state index in [1.165, 1.54) is 36.9 Å². The zero-order valence-corrected chi connectivity index (χ0v) is 7.59. The van der Waals surface area contributed by atoms with Crippen molar-refractivity contribution in [3.63, 3.8) is 0 Å². The Balaban J connectivity index is 1.96. The van der Waals surface area contributed by atoms with Crippen LogP contribution in [-0.2, 0) is 6.42 Å². The highest BCUT2D eigenvalue weighted by Crippen LogP contribution is 2.33. The van der Waals surface area contributed by atoms with E-state index in [1.807, 2.05) is 12.3 Å². The molecule has 0 unspecified atom stereocenters. The summed E-state index contributed by atoms with van der Waals surface area (Å²) in [6.07, 6.45) is 7.38. The molecule has 1 aliphatic carbocycles. The topological polar surface area (TPSA) is 12.9 Å². The van der Waals surface area contributed by atoms with Gasteiger partial charge in [-0.1, -0.05) is 18.9 Å². The van der Waals surface area contributed by atoms with Gasteiger partial charge in [-0.25, -0.2) is 0 Å². The lowest BCUT2D eigenvalue weighted by Gasteiger charge is -2.02. The van der Waals surface area contributed by atoms with Gasteiger partial charge in [-0.3, -0.25) is 4.98 Å². The summed E-state index contributed by atoms with van der Waals surface area (Å²) in [6, 6.07) is 4.24. The van der Waals surface area contributed by atoms with Crippen LogP contribution in [0.15, 0.2) is 18.3 Å². The quantitative estimate of drug-likeness (QED) is 0.664. The maximum Gasteiger partial charge on any atom is 0.0404 e. The minimum Gasteiger partial charge on any atom is -0.261 e. The van der Waals surface area contributed by atoms with Crippen LogP contribution < -0.4 is 0 Å². The van der Waals surface area contributed by atoms with Crippen molar-refractivity contribution in [3.8, 4) is 0 Å². The number of aryl methyl sites for hydroxylation is 2. The fourth-order valence-corrected chi connectivity index (χ4v) is 1.55. The molecule has 1 aliphatic rings. The van der Waals surface area contributed by atoms with Gasteiger partial charge in [-0.05, 0) is 37.3 Å². The van der Waals surface area contributed by atoms with Crippen molar-refractivity contribution in [1.29, 1.82) is 0 Å². The molecule has 0 amide bonds. The van der Waals surface area contributed by atoms with Crippen LogP contribution in [0.4, 0.5) is 0 Å². The lowest BCUT2D eigenvalue weighted by atomic mass is 10.1. The second-order valence-corrected chi connectivity index (χ2v) is 3.73. The van der Waals surface area contributed by atoms with E-state index in [0.29, 0.717) is 0 Å². The Morgan fingerprint density at radius 2 is 2.33 bits per heavy atom. The van der Waals surface area contributed by atoms with Gasteiger partial charge in [-0.2, -0.15) is 0 Å². The van der Waals surface area contributed by atoms with Crippen molar-refractivity contribution in [3.05, 3.63) is 29.6 Å². The van der Waals surface area contributed by atoms with Crippen LogP contribution in [0.1, 0.15) is 30.5 Å². The normalized spacial score (nSPS) is 16.4. The molecule has 0 saturated heterocycles. The molecule has 64 valence electrons. The van der Waals surface area contributed by atoms with E-state index in [4.69, 9.17) is 0 Å². The first-order valence-corrected chi connectivity index (χ1v) is 4.77. The molecule has 1 heteroatoms. The minimum atomic E-state index is 1.03. The van der Waals surface area contributed by atoms with Crippen LogP contribution in [0.2, 0.25) is 0 Å². The van der Waals surface area contributed by atoms with Crippen molar-refractivity contribution >= 4 is 0 Å². The Morgan fingerprint density at radius 3 is 3.00 bits per heavy atom. The van der Waals surface area contributed by atoms with Crippen LogP contribution in [0.5, 0.6) is 0 Å². The van der Waals surface area contributed by atoms with Crippen LogP contribution in [0, 0.1) is 12.8 Å². The second-order valence-electron chi connectivity index (χ2n) is 3.73. The Hall–Kier alpha value is -0.850. The Morgan fingerprint density at radius 1 is 1.50 bits per heavy atom. The van der Waals surface area contributed by atoms with E-state index in [9.17, 15) is 0 Å². The molecule has 2 rings (SSSR count). The van der Waals surface area contributed by atoms with E-state index >= 15 is 0 Å². The summed E-state index contributed by atoms with van der Waals surface area (Å²) in [5.74, 6) is 1.03. The van der Waals surface area contributed by atoms with E-state index in [-0.39, 0.29) is 0 Å². The van der Waals surface area contributed by atoms with Gasteiger partial charge in [0.15, 0.2) is 0 Å². The van der Waals surface area contributed by atoms with Gasteiger partial charge in [-0.15, -0.1) is 0 Å². The maximum absolute atomic E-state index is 4.28. The van der Waals surface area contributed by atoms with E-state index < -0.39 is 0 Å². The molecule has 1 saturated carbocycles. The molecule has 0 aliphatic heterocycles. The van der Waals surface area contributed by atoms with Gasteiger partial charge in [0.2, 0.25) is 0 Å². The number of pyridine rings is 1. The predicted octanol–water partition coefficient (Wildman–Crippen LogP) is 2.73. The summed E-state index contributed by atoms with van der Waals surface area (Å²) in [5, 5.41) is 0. The molecule has 1 nitrogen and oxygen atoms in total. The highest BCUT2D eigenvalue weighted by Gasteiger charge is 2.20. The zero-order chi connectivity index (χ0) is 8.39. The average molecular weight is 161 g/mol. The zero-order valence-electron chi connectivity index (χ0n) is 7.59. The number of hydrogen-bond donors (Lipinski definition) is 0. The molecule has 12 heavy (non-hydrogen) atoms. The number of aromatic nitrogens is 1. The summed E-state index contributed by atoms with van der Waals surface area (Å²) in [5.41, 5.74) is 2.64. The van der Waals surface area contributed by atoms with E-state index in [1.54, 1.807) is 0 Å². The van der Waals surface area contributed by atoms with Gasteiger partial charge >= 0.3 is 0 Å². The van der Waals surface area contributed by atoms with Crippen LogP contribution >= 0.6 is 0 Å². The number of rotatable bonds is 3. The Bertz CT molecular complexity index is 263. The second kappa shape index (κ2) is 3.26. The molecular formula is C11H15N. The largest absolute Gasteiger partial charge is 0.261 e. The van der Waals surface area contributed by atoms with Gasteiger partial charge in [0.05, 0.1) is 0 Å². The van der Waals surface area contributed by atoms with Crippen molar-refractivity contribution in [2.24, 2.45) is 5.92 Å². The van der Waals surface area contributed by atoms with Crippen LogP contribution in [0.3, 0.4) is 0 Å². The van der Waals surface area contributed by atoms with Crippen molar-refractivity contribution in [2.75, 3.05) is 0 Å². The standard InChI is InChI=1S/C11H15N/c1-9-11(3-2-8-12-9)7-6-10-4-5-10/h2-3,8,10H,4-7H2,1H3. The number of nitrogens with zero attached hydrogens (tertiary/aromatic N) is 1. The molecule has 1 aromatic rings. The predicted molar refractivity (Wildman–Crippen MR) is 50.0 cm³/mol. The molecular weight excluding hydrogens is 146 g/mol. The average Bonchev–Trinajstić information content (AvgIpc) is 2.86. The van der Waals surface area contributed by atoms with Crippen LogP contribution in [0.25, 0.3) is 0 Å². The third kappa shape index (κ3) is 1.84. The van der Waals surface area contributed by atoms with Crippen molar-refractivity contribution in [2.45, 2.75) is 32.6 Å². The first kappa shape index (κ1) is 7.78. The van der Waals surface area contributed by atoms with Gasteiger partial charge in [0.1, 0.15) is 0 Å². The first-order chi connectivity index (χ1) is 5.86. The van der Waals surface area contributed by atoms with Gasteiger partial charge < -0.3 is 0 Å². The molecule has 0 radical (unpaired) electrons. The SMILES string of the molecule is Cc1ncccc1CCC1CC1. The summed E-state index contributed by atoms with van der Waals surface area (Å²) >= 11 is 0. The monoisotopic (exact) mass is 161 g/mol. The third-order valence-corrected chi connectivity index (χ3v) is 2.64. The molecule has 1 heterocycles. The molecule has 1 aromatic heterocycles. The number of hydrogen-bond acceptors (Lipinski definition) is 1. The molecule has 0 spiro atoms. The van der Waals surface area contributed by atoms with Crippen LogP contribution in [-0.4, -0.2) is 4.98 Å². The fraction of sp³-hybridized carbons (Fsp3) is 0.545. The van der Waals surface area contributed by atoms with Crippen molar-refractivity contribution in [1.82, 2.24) is 4.98 Å². The molecule has 0 aromatic carbocycles. The lowest BCUT2D eigenvalue weighted by molar-refractivity contribution is 0.721. The van der Waals surface area contributed by atoms with E-state index in [0.717, 1.165) is 5.92 Å². The minimum absolute atomic E-state index is 1.03. The molecule has 1 fully saturated rings. The van der Waals surface area contributed by atoms with E-state index in [2.05, 4.69) is 18.0 Å². The summed E-state index contributed by atoms with van der Waals surface area (Å²) in [7, 11) is 0. The Kier molecular flexibility index (Phi) is 2.11. The van der Waals surface area contributed by atoms with Crippen molar-refractivity contribution < 1.29 is 0 Å². The summed E-state index contributed by atoms with van der Waals surface area (Å²) in [6.45, 7) is 2.10. The van der Waals surface area contributed by atoms with Gasteiger partial charge in [0, 0.05) is 11.9 Å². The highest BCUT2D eigenvalue weighted by molar-refractivity contribution is 5.18. The summed E-state index contributed by atoms with van der Waals surface area (Å²) < 4.78 is 0. The maximum atomic E-state index is 4.28. The smallest absolute Gasteiger partial charge is 0.0404 e. The summed E-state index contributed by atoms with van der Waals surface area (Å²) in [4.78, 5) is 4.28.